The second-order valence-electron chi connectivity index (χ2n) is 4.77. The van der Waals surface area contributed by atoms with Crippen LogP contribution in [0, 0.1) is 0 Å². The van der Waals surface area contributed by atoms with E-state index in [1.54, 1.807) is 24.7 Å². The maximum absolute atomic E-state index is 12.5. The smallest absolute Gasteiger partial charge is 0.263 e. The van der Waals surface area contributed by atoms with Crippen LogP contribution in [0.15, 0.2) is 47.3 Å². The highest BCUT2D eigenvalue weighted by Gasteiger charge is 2.17. The molecule has 0 bridgehead atoms. The second-order valence-corrected chi connectivity index (χ2v) is 4.77. The van der Waals surface area contributed by atoms with Crippen LogP contribution in [-0.4, -0.2) is 18.5 Å². The van der Waals surface area contributed by atoms with Crippen LogP contribution in [0.25, 0.3) is 0 Å². The Morgan fingerprint density at radius 1 is 1.15 bits per heavy atom. The van der Waals surface area contributed by atoms with Crippen molar-refractivity contribution < 1.29 is 13.2 Å². The summed E-state index contributed by atoms with van der Waals surface area (Å²) >= 11 is 0. The van der Waals surface area contributed by atoms with Gasteiger partial charge in [-0.15, -0.1) is 0 Å². The second kappa shape index (κ2) is 6.63. The van der Waals surface area contributed by atoms with Gasteiger partial charge in [0.1, 0.15) is 0 Å². The molecule has 0 saturated heterocycles. The van der Waals surface area contributed by atoms with Gasteiger partial charge in [0.25, 0.3) is 6.43 Å². The number of furan rings is 1. The summed E-state index contributed by atoms with van der Waals surface area (Å²) in [6, 6.07) is 8.21. The SMILES string of the molecule is CN(Cc1ccoc1)C(CN)c1ccc(C(F)F)cc1. The molecule has 2 aromatic rings. The summed E-state index contributed by atoms with van der Waals surface area (Å²) in [5.74, 6) is 0. The number of alkyl halides is 2. The van der Waals surface area contributed by atoms with Crippen LogP contribution >= 0.6 is 0 Å². The summed E-state index contributed by atoms with van der Waals surface area (Å²) in [5.41, 5.74) is 7.83. The normalized spacial score (nSPS) is 13.1. The van der Waals surface area contributed by atoms with Crippen LogP contribution in [0.1, 0.15) is 29.2 Å². The quantitative estimate of drug-likeness (QED) is 0.882. The van der Waals surface area contributed by atoms with E-state index in [1.165, 1.54) is 12.1 Å². The largest absolute Gasteiger partial charge is 0.472 e. The van der Waals surface area contributed by atoms with Gasteiger partial charge < -0.3 is 10.2 Å². The Morgan fingerprint density at radius 2 is 1.80 bits per heavy atom. The van der Waals surface area contributed by atoms with Crippen molar-refractivity contribution in [3.63, 3.8) is 0 Å². The van der Waals surface area contributed by atoms with Crippen LogP contribution in [0.2, 0.25) is 0 Å². The third-order valence-corrected chi connectivity index (χ3v) is 3.34. The molecular formula is C15H18F2N2O. The zero-order chi connectivity index (χ0) is 14.5. The van der Waals surface area contributed by atoms with Crippen molar-refractivity contribution in [1.29, 1.82) is 0 Å². The summed E-state index contributed by atoms with van der Waals surface area (Å²) in [6.07, 6.45) is 0.867. The van der Waals surface area contributed by atoms with E-state index in [0.717, 1.165) is 11.1 Å². The summed E-state index contributed by atoms with van der Waals surface area (Å²) in [7, 11) is 1.95. The number of rotatable bonds is 6. The van der Waals surface area contributed by atoms with Gasteiger partial charge in [-0.25, -0.2) is 8.78 Å². The van der Waals surface area contributed by atoms with E-state index in [9.17, 15) is 8.78 Å². The van der Waals surface area contributed by atoms with Gasteiger partial charge in [-0.05, 0) is 18.7 Å². The molecule has 0 spiro atoms. The molecule has 0 aliphatic rings. The van der Waals surface area contributed by atoms with Gasteiger partial charge in [0.15, 0.2) is 0 Å². The maximum atomic E-state index is 12.5. The predicted molar refractivity (Wildman–Crippen MR) is 73.4 cm³/mol. The summed E-state index contributed by atoms with van der Waals surface area (Å²) < 4.78 is 30.1. The number of hydrogen-bond acceptors (Lipinski definition) is 3. The average molecular weight is 280 g/mol. The number of benzene rings is 1. The van der Waals surface area contributed by atoms with E-state index < -0.39 is 6.43 Å². The van der Waals surface area contributed by atoms with Crippen LogP contribution in [-0.2, 0) is 6.54 Å². The molecule has 2 rings (SSSR count). The summed E-state index contributed by atoms with van der Waals surface area (Å²) in [5, 5.41) is 0. The van der Waals surface area contributed by atoms with Gasteiger partial charge in [0.05, 0.1) is 12.5 Å². The van der Waals surface area contributed by atoms with E-state index >= 15 is 0 Å². The van der Waals surface area contributed by atoms with Crippen molar-refractivity contribution in [2.24, 2.45) is 5.73 Å². The van der Waals surface area contributed by atoms with E-state index in [4.69, 9.17) is 10.2 Å². The predicted octanol–water partition coefficient (Wildman–Crippen LogP) is 3.35. The Morgan fingerprint density at radius 3 is 2.30 bits per heavy atom. The summed E-state index contributed by atoms with van der Waals surface area (Å²) in [4.78, 5) is 2.07. The monoisotopic (exact) mass is 280 g/mol. The molecule has 0 aliphatic heterocycles. The molecule has 0 amide bonds. The molecule has 3 nitrogen and oxygen atoms in total. The Bertz CT molecular complexity index is 511. The molecular weight excluding hydrogens is 262 g/mol. The van der Waals surface area contributed by atoms with Gasteiger partial charge in [-0.3, -0.25) is 4.90 Å². The minimum absolute atomic E-state index is 0.0170. The van der Waals surface area contributed by atoms with Crippen molar-refractivity contribution >= 4 is 0 Å². The van der Waals surface area contributed by atoms with Gasteiger partial charge in [-0.2, -0.15) is 0 Å². The first-order valence-electron chi connectivity index (χ1n) is 6.41. The topological polar surface area (TPSA) is 42.4 Å². The first-order chi connectivity index (χ1) is 9.61. The van der Waals surface area contributed by atoms with Crippen molar-refractivity contribution in [3.05, 3.63) is 59.5 Å². The van der Waals surface area contributed by atoms with E-state index in [0.29, 0.717) is 13.1 Å². The van der Waals surface area contributed by atoms with Crippen molar-refractivity contribution in [1.82, 2.24) is 4.90 Å². The zero-order valence-corrected chi connectivity index (χ0v) is 11.3. The van der Waals surface area contributed by atoms with Crippen LogP contribution in [0.5, 0.6) is 0 Å². The zero-order valence-electron chi connectivity index (χ0n) is 11.3. The lowest BCUT2D eigenvalue weighted by Gasteiger charge is -2.27. The Kier molecular flexibility index (Phi) is 4.87. The fourth-order valence-corrected chi connectivity index (χ4v) is 2.21. The van der Waals surface area contributed by atoms with Crippen LogP contribution in [0.4, 0.5) is 8.78 Å². The lowest BCUT2D eigenvalue weighted by atomic mass is 10.0. The Labute approximate surface area is 117 Å². The summed E-state index contributed by atoms with van der Waals surface area (Å²) in [6.45, 7) is 1.11. The number of nitrogens with two attached hydrogens (primary N) is 1. The van der Waals surface area contributed by atoms with Gasteiger partial charge in [-0.1, -0.05) is 24.3 Å². The Hall–Kier alpha value is -1.72. The minimum atomic E-state index is -2.44. The molecule has 108 valence electrons. The van der Waals surface area contributed by atoms with Crippen molar-refractivity contribution in [2.75, 3.05) is 13.6 Å². The molecule has 0 aliphatic carbocycles. The number of likely N-dealkylation sites (N-methyl/N-ethyl adjacent to an activating group) is 1. The molecule has 0 radical (unpaired) electrons. The molecule has 0 saturated carbocycles. The minimum Gasteiger partial charge on any atom is -0.472 e. The van der Waals surface area contributed by atoms with E-state index in [-0.39, 0.29) is 11.6 Å². The molecule has 2 N–H and O–H groups in total. The standard InChI is InChI=1S/C15H18F2N2O/c1-19(9-11-6-7-20-10-11)14(8-18)12-2-4-13(5-3-12)15(16)17/h2-7,10,14-15H,8-9,18H2,1H3. The molecule has 5 heteroatoms. The third-order valence-electron chi connectivity index (χ3n) is 3.34. The number of hydrogen-bond donors (Lipinski definition) is 1. The maximum Gasteiger partial charge on any atom is 0.263 e. The van der Waals surface area contributed by atoms with Gasteiger partial charge in [0.2, 0.25) is 0 Å². The molecule has 1 aromatic carbocycles. The lowest BCUT2D eigenvalue weighted by molar-refractivity contribution is 0.151. The number of halogens is 2. The van der Waals surface area contributed by atoms with Crippen LogP contribution < -0.4 is 5.73 Å². The first kappa shape index (κ1) is 14.7. The molecule has 20 heavy (non-hydrogen) atoms. The number of nitrogens with zero attached hydrogens (tertiary/aromatic N) is 1. The highest BCUT2D eigenvalue weighted by Crippen LogP contribution is 2.24. The molecule has 0 fully saturated rings. The fraction of sp³-hybridized carbons (Fsp3) is 0.333. The average Bonchev–Trinajstić information content (AvgIpc) is 2.93. The molecule has 1 aromatic heterocycles. The Balaban J connectivity index is 2.10. The highest BCUT2D eigenvalue weighted by atomic mass is 19.3. The lowest BCUT2D eigenvalue weighted by Crippen LogP contribution is -2.30. The van der Waals surface area contributed by atoms with Gasteiger partial charge in [0, 0.05) is 30.3 Å². The molecule has 1 unspecified atom stereocenters. The van der Waals surface area contributed by atoms with Crippen molar-refractivity contribution in [2.45, 2.75) is 19.0 Å². The third kappa shape index (κ3) is 3.43. The van der Waals surface area contributed by atoms with E-state index in [2.05, 4.69) is 4.90 Å². The first-order valence-corrected chi connectivity index (χ1v) is 6.41. The highest BCUT2D eigenvalue weighted by molar-refractivity contribution is 5.26. The van der Waals surface area contributed by atoms with Crippen LogP contribution in [0.3, 0.4) is 0 Å². The van der Waals surface area contributed by atoms with E-state index in [1.807, 2.05) is 13.1 Å². The van der Waals surface area contributed by atoms with Gasteiger partial charge >= 0.3 is 0 Å². The molecule has 1 atom stereocenters. The van der Waals surface area contributed by atoms with Crippen molar-refractivity contribution in [3.8, 4) is 0 Å². The molecule has 1 heterocycles. The fourth-order valence-electron chi connectivity index (χ4n) is 2.21.